The van der Waals surface area contributed by atoms with Crippen molar-refractivity contribution in [2.75, 3.05) is 11.9 Å². The Morgan fingerprint density at radius 1 is 1.03 bits per heavy atom. The first-order valence-corrected chi connectivity index (χ1v) is 12.8. The lowest BCUT2D eigenvalue weighted by Gasteiger charge is -2.44. The predicted molar refractivity (Wildman–Crippen MR) is 144 cm³/mol. The standard InChI is InChI=1S/C31H38N2O2/c1-21-12-9-17-26(22(21)2)30(35)33-19-11-18-27(28(33)23-13-7-6-8-14-23)29(34)32-25-16-10-15-24(20-25)31(3,4)5/h6-10,12-13,15-17,20,23,27-28H,11,14,18-19H2,1-5H3,(H,32,34)/t23?,27-,28-/m0/s1. The molecule has 4 nitrogen and oxygen atoms in total. The van der Waals surface area contributed by atoms with Gasteiger partial charge in [0.2, 0.25) is 5.91 Å². The summed E-state index contributed by atoms with van der Waals surface area (Å²) in [7, 11) is 0. The van der Waals surface area contributed by atoms with E-state index in [0.29, 0.717) is 6.54 Å². The number of hydrogen-bond donors (Lipinski definition) is 1. The zero-order valence-corrected chi connectivity index (χ0v) is 21.7. The molecule has 1 fully saturated rings. The lowest BCUT2D eigenvalue weighted by molar-refractivity contribution is -0.123. The summed E-state index contributed by atoms with van der Waals surface area (Å²) >= 11 is 0. The zero-order valence-electron chi connectivity index (χ0n) is 21.7. The highest BCUT2D eigenvalue weighted by molar-refractivity contribution is 5.98. The zero-order chi connectivity index (χ0) is 25.2. The van der Waals surface area contributed by atoms with E-state index in [9.17, 15) is 9.59 Å². The third kappa shape index (κ3) is 5.42. The Morgan fingerprint density at radius 2 is 1.80 bits per heavy atom. The van der Waals surface area contributed by atoms with Gasteiger partial charge in [0.1, 0.15) is 0 Å². The molecule has 4 rings (SSSR count). The maximum Gasteiger partial charge on any atom is 0.254 e. The van der Waals surface area contributed by atoms with E-state index < -0.39 is 0 Å². The van der Waals surface area contributed by atoms with E-state index in [2.05, 4.69) is 50.4 Å². The Labute approximate surface area is 210 Å². The van der Waals surface area contributed by atoms with Crippen molar-refractivity contribution in [2.24, 2.45) is 11.8 Å². The van der Waals surface area contributed by atoms with Crippen molar-refractivity contribution in [1.29, 1.82) is 0 Å². The van der Waals surface area contributed by atoms with Crippen molar-refractivity contribution in [2.45, 2.75) is 65.3 Å². The number of rotatable bonds is 4. The summed E-state index contributed by atoms with van der Waals surface area (Å²) in [4.78, 5) is 29.6. The number of carbonyl (C=O) groups is 2. The average molecular weight is 471 g/mol. The minimum atomic E-state index is -0.266. The van der Waals surface area contributed by atoms with Gasteiger partial charge in [-0.05, 0) is 73.4 Å². The fourth-order valence-electron chi connectivity index (χ4n) is 5.36. The van der Waals surface area contributed by atoms with Crippen molar-refractivity contribution < 1.29 is 9.59 Å². The van der Waals surface area contributed by atoms with Gasteiger partial charge in [-0.15, -0.1) is 0 Å². The largest absolute Gasteiger partial charge is 0.334 e. The molecule has 0 aromatic heterocycles. The second-order valence-electron chi connectivity index (χ2n) is 11.0. The van der Waals surface area contributed by atoms with E-state index >= 15 is 0 Å². The number of hydrogen-bond acceptors (Lipinski definition) is 2. The summed E-state index contributed by atoms with van der Waals surface area (Å²) in [5.41, 5.74) is 4.87. The number of nitrogens with one attached hydrogen (secondary N) is 1. The van der Waals surface area contributed by atoms with Gasteiger partial charge in [-0.25, -0.2) is 0 Å². The summed E-state index contributed by atoms with van der Waals surface area (Å²) in [5, 5.41) is 3.19. The SMILES string of the molecule is Cc1cccc(C(=O)N2CCC[C@H](C(=O)Nc3cccc(C(C)(C)C)c3)[C@@H]2C2C=CC=CC2)c1C. The first kappa shape index (κ1) is 25.0. The molecule has 2 aromatic rings. The van der Waals surface area contributed by atoms with Gasteiger partial charge in [0, 0.05) is 23.7 Å². The lowest BCUT2D eigenvalue weighted by atomic mass is 9.77. The minimum Gasteiger partial charge on any atom is -0.334 e. The number of carbonyl (C=O) groups excluding carboxylic acids is 2. The van der Waals surface area contributed by atoms with Gasteiger partial charge in [-0.2, -0.15) is 0 Å². The molecule has 2 amide bonds. The van der Waals surface area contributed by atoms with Crippen LogP contribution in [0, 0.1) is 25.7 Å². The maximum atomic E-state index is 13.9. The van der Waals surface area contributed by atoms with Crippen LogP contribution in [0.1, 0.15) is 67.1 Å². The third-order valence-electron chi connectivity index (χ3n) is 7.57. The third-order valence-corrected chi connectivity index (χ3v) is 7.57. The molecule has 2 aliphatic rings. The summed E-state index contributed by atoms with van der Waals surface area (Å²) in [6.07, 6.45) is 10.8. The molecule has 1 N–H and O–H groups in total. The van der Waals surface area contributed by atoms with Crippen LogP contribution in [-0.2, 0) is 10.2 Å². The highest BCUT2D eigenvalue weighted by Crippen LogP contribution is 2.35. The molecule has 1 aliphatic heterocycles. The number of aryl methyl sites for hydroxylation is 1. The van der Waals surface area contributed by atoms with Crippen molar-refractivity contribution in [1.82, 2.24) is 4.90 Å². The van der Waals surface area contributed by atoms with Crippen LogP contribution in [0.25, 0.3) is 0 Å². The number of amides is 2. The molecule has 35 heavy (non-hydrogen) atoms. The van der Waals surface area contributed by atoms with E-state index in [1.54, 1.807) is 0 Å². The fourth-order valence-corrected chi connectivity index (χ4v) is 5.36. The summed E-state index contributed by atoms with van der Waals surface area (Å²) in [5.74, 6) is -0.114. The van der Waals surface area contributed by atoms with Crippen molar-refractivity contribution in [3.8, 4) is 0 Å². The summed E-state index contributed by atoms with van der Waals surface area (Å²) in [6, 6.07) is 13.8. The highest BCUT2D eigenvalue weighted by atomic mass is 16.2. The molecule has 0 radical (unpaired) electrons. The normalized spacial score (nSPS) is 22.2. The van der Waals surface area contributed by atoms with Gasteiger partial charge in [-0.1, -0.05) is 69.3 Å². The number of allylic oxidation sites excluding steroid dienone is 3. The first-order valence-electron chi connectivity index (χ1n) is 12.8. The molecule has 2 aromatic carbocycles. The van der Waals surface area contributed by atoms with Crippen LogP contribution < -0.4 is 5.32 Å². The number of nitrogens with zero attached hydrogens (tertiary/aromatic N) is 1. The van der Waals surface area contributed by atoms with Gasteiger partial charge in [0.15, 0.2) is 0 Å². The predicted octanol–water partition coefficient (Wildman–Crippen LogP) is 6.59. The fraction of sp³-hybridized carbons (Fsp3) is 0.419. The Kier molecular flexibility index (Phi) is 7.30. The maximum absolute atomic E-state index is 13.9. The molecular formula is C31H38N2O2. The Hall–Kier alpha value is -3.14. The minimum absolute atomic E-state index is 0.00221. The summed E-state index contributed by atoms with van der Waals surface area (Å²) in [6.45, 7) is 11.2. The first-order chi connectivity index (χ1) is 16.7. The molecule has 1 unspecified atom stereocenters. The molecule has 1 aliphatic carbocycles. The van der Waals surface area contributed by atoms with E-state index in [0.717, 1.165) is 41.6 Å². The van der Waals surface area contributed by atoms with E-state index in [1.807, 2.05) is 61.2 Å². The Balaban J connectivity index is 1.64. The molecular weight excluding hydrogens is 432 g/mol. The molecule has 1 saturated heterocycles. The van der Waals surface area contributed by atoms with Crippen molar-refractivity contribution in [3.63, 3.8) is 0 Å². The van der Waals surface area contributed by atoms with E-state index in [-0.39, 0.29) is 35.1 Å². The molecule has 3 atom stereocenters. The van der Waals surface area contributed by atoms with Gasteiger partial charge < -0.3 is 10.2 Å². The second kappa shape index (κ2) is 10.2. The van der Waals surface area contributed by atoms with Crippen molar-refractivity contribution >= 4 is 17.5 Å². The average Bonchev–Trinajstić information content (AvgIpc) is 2.85. The topological polar surface area (TPSA) is 49.4 Å². The monoisotopic (exact) mass is 470 g/mol. The van der Waals surface area contributed by atoms with Crippen molar-refractivity contribution in [3.05, 3.63) is 89.0 Å². The van der Waals surface area contributed by atoms with E-state index in [1.165, 1.54) is 5.56 Å². The second-order valence-corrected chi connectivity index (χ2v) is 11.0. The van der Waals surface area contributed by atoms with Gasteiger partial charge in [0.25, 0.3) is 5.91 Å². The van der Waals surface area contributed by atoms with Gasteiger partial charge >= 0.3 is 0 Å². The number of likely N-dealkylation sites (tertiary alicyclic amines) is 1. The number of piperidine rings is 1. The number of benzene rings is 2. The van der Waals surface area contributed by atoms with Crippen LogP contribution in [0.3, 0.4) is 0 Å². The molecule has 0 bridgehead atoms. The van der Waals surface area contributed by atoms with Crippen LogP contribution in [0.2, 0.25) is 0 Å². The van der Waals surface area contributed by atoms with Gasteiger partial charge in [0.05, 0.1) is 12.0 Å². The van der Waals surface area contributed by atoms with Crippen LogP contribution in [-0.4, -0.2) is 29.3 Å². The van der Waals surface area contributed by atoms with Crippen LogP contribution >= 0.6 is 0 Å². The van der Waals surface area contributed by atoms with Crippen LogP contribution in [0.5, 0.6) is 0 Å². The quantitative estimate of drug-likeness (QED) is 0.548. The highest BCUT2D eigenvalue weighted by Gasteiger charge is 2.42. The molecule has 4 heteroatoms. The Bertz CT molecular complexity index is 1150. The van der Waals surface area contributed by atoms with Crippen LogP contribution in [0.4, 0.5) is 5.69 Å². The number of anilines is 1. The van der Waals surface area contributed by atoms with Gasteiger partial charge in [-0.3, -0.25) is 9.59 Å². The van der Waals surface area contributed by atoms with Crippen LogP contribution in [0.15, 0.2) is 66.8 Å². The molecule has 184 valence electrons. The smallest absolute Gasteiger partial charge is 0.254 e. The molecule has 1 heterocycles. The summed E-state index contributed by atoms with van der Waals surface area (Å²) < 4.78 is 0. The molecule has 0 saturated carbocycles. The Morgan fingerprint density at radius 3 is 2.51 bits per heavy atom. The van der Waals surface area contributed by atoms with E-state index in [4.69, 9.17) is 0 Å². The molecule has 0 spiro atoms. The lowest BCUT2D eigenvalue weighted by Crippen LogP contribution is -2.55.